The molecule has 0 aliphatic heterocycles. The molecule has 0 amide bonds. The number of rotatable bonds is 4. The minimum Gasteiger partial charge on any atom is -0.310 e. The van der Waals surface area contributed by atoms with Gasteiger partial charge in [0, 0.05) is 22.1 Å². The van der Waals surface area contributed by atoms with Crippen LogP contribution in [0.5, 0.6) is 0 Å². The molecule has 0 N–H and O–H groups in total. The van der Waals surface area contributed by atoms with Crippen LogP contribution >= 0.6 is 0 Å². The van der Waals surface area contributed by atoms with E-state index in [1.165, 1.54) is 83.8 Å². The molecule has 0 spiro atoms. The quantitative estimate of drug-likeness (QED) is 0.181. The number of para-hydroxylation sites is 1. The summed E-state index contributed by atoms with van der Waals surface area (Å²) in [6.45, 7) is 23.7. The van der Waals surface area contributed by atoms with Gasteiger partial charge in [0.15, 0.2) is 0 Å². The van der Waals surface area contributed by atoms with Crippen molar-refractivity contribution in [2.75, 3.05) is 4.90 Å². The third kappa shape index (κ3) is 5.19. The summed E-state index contributed by atoms with van der Waals surface area (Å²) in [6, 6.07) is 48.2. The Morgan fingerprint density at radius 2 is 0.961 bits per heavy atom. The van der Waals surface area contributed by atoms with E-state index in [4.69, 9.17) is 0 Å². The lowest BCUT2D eigenvalue weighted by Gasteiger charge is -2.35. The van der Waals surface area contributed by atoms with Crippen molar-refractivity contribution >= 4 is 17.1 Å². The molecule has 1 heteroatoms. The summed E-state index contributed by atoms with van der Waals surface area (Å²) in [6.07, 6.45) is 0. The van der Waals surface area contributed by atoms with Crippen molar-refractivity contribution in [2.45, 2.75) is 90.9 Å². The number of fused-ring (bicyclic) bond motifs is 6. The third-order valence-corrected chi connectivity index (χ3v) is 11.8. The van der Waals surface area contributed by atoms with Gasteiger partial charge in [0.1, 0.15) is 0 Å². The van der Waals surface area contributed by atoms with Crippen LogP contribution in [0.3, 0.4) is 0 Å². The predicted molar refractivity (Wildman–Crippen MR) is 219 cm³/mol. The molecule has 0 saturated carbocycles. The molecule has 0 aromatic heterocycles. The van der Waals surface area contributed by atoms with Gasteiger partial charge in [-0.1, -0.05) is 172 Å². The molecule has 0 atom stereocenters. The van der Waals surface area contributed by atoms with E-state index in [0.29, 0.717) is 0 Å². The topological polar surface area (TPSA) is 3.24 Å². The first-order chi connectivity index (χ1) is 24.1. The number of hydrogen-bond donors (Lipinski definition) is 0. The molecule has 6 aromatic carbocycles. The summed E-state index contributed by atoms with van der Waals surface area (Å²) < 4.78 is 0. The summed E-state index contributed by atoms with van der Waals surface area (Å²) in [5, 5.41) is 0. The zero-order valence-corrected chi connectivity index (χ0v) is 32.1. The molecule has 1 nitrogen and oxygen atoms in total. The molecule has 0 bridgehead atoms. The van der Waals surface area contributed by atoms with Gasteiger partial charge in [0.25, 0.3) is 0 Å². The fourth-order valence-corrected chi connectivity index (χ4v) is 8.79. The molecule has 6 aromatic rings. The van der Waals surface area contributed by atoms with Crippen LogP contribution in [0.4, 0.5) is 17.1 Å². The highest BCUT2D eigenvalue weighted by Gasteiger charge is 2.40. The molecule has 0 fully saturated rings. The first-order valence-corrected chi connectivity index (χ1v) is 18.6. The van der Waals surface area contributed by atoms with Gasteiger partial charge in [0.05, 0.1) is 11.4 Å². The third-order valence-electron chi connectivity index (χ3n) is 11.8. The van der Waals surface area contributed by atoms with Crippen molar-refractivity contribution in [1.82, 2.24) is 0 Å². The Morgan fingerprint density at radius 1 is 0.412 bits per heavy atom. The highest BCUT2D eigenvalue weighted by Crippen LogP contribution is 2.56. The molecule has 0 saturated heterocycles. The van der Waals surface area contributed by atoms with Crippen molar-refractivity contribution in [3.63, 3.8) is 0 Å². The maximum absolute atomic E-state index is 2.57. The highest BCUT2D eigenvalue weighted by molar-refractivity contribution is 5.94. The lowest BCUT2D eigenvalue weighted by Crippen LogP contribution is -2.23. The number of benzene rings is 6. The second-order valence-corrected chi connectivity index (χ2v) is 17.9. The first-order valence-electron chi connectivity index (χ1n) is 18.6. The van der Waals surface area contributed by atoms with E-state index in [1.54, 1.807) is 0 Å². The summed E-state index contributed by atoms with van der Waals surface area (Å²) in [7, 11) is 0. The van der Waals surface area contributed by atoms with Crippen LogP contribution in [0, 0.1) is 0 Å². The number of nitrogens with zero attached hydrogens (tertiary/aromatic N) is 1. The Kier molecular flexibility index (Phi) is 7.38. The van der Waals surface area contributed by atoms with Crippen molar-refractivity contribution in [3.8, 4) is 33.4 Å². The monoisotopic (exact) mass is 665 g/mol. The largest absolute Gasteiger partial charge is 0.310 e. The zero-order valence-electron chi connectivity index (χ0n) is 32.1. The summed E-state index contributed by atoms with van der Waals surface area (Å²) in [5.74, 6) is 0. The van der Waals surface area contributed by atoms with Crippen LogP contribution in [0.25, 0.3) is 33.4 Å². The SMILES string of the molecule is CC(C)(C)c1ccc2c(c1)C(C)(C)c1cc(C(C)(C)C)c(N(c3ccc4c(c3)C(C)(C)c3ccccc3-4)c3ccccc3-c3ccccc3)cc1-2. The van der Waals surface area contributed by atoms with Gasteiger partial charge in [-0.3, -0.25) is 0 Å². The smallest absolute Gasteiger partial charge is 0.0540 e. The standard InChI is InChI=1S/C50H51N/c1-47(2,3)33-24-26-38-39-30-46(44(48(4,5)6)31-43(39)50(9,10)41(38)28-33)51(45-23-17-15-20-35(45)32-18-12-11-13-19-32)34-25-27-37-36-21-14-16-22-40(36)49(7,8)42(37)29-34/h11-31H,1-10H3. The van der Waals surface area contributed by atoms with E-state index in [9.17, 15) is 0 Å². The molecule has 256 valence electrons. The van der Waals surface area contributed by atoms with Crippen molar-refractivity contribution in [3.05, 3.63) is 161 Å². The van der Waals surface area contributed by atoms with Crippen LogP contribution in [-0.4, -0.2) is 0 Å². The predicted octanol–water partition coefficient (Wildman–Crippen LogP) is 14.0. The maximum Gasteiger partial charge on any atom is 0.0540 e. The van der Waals surface area contributed by atoms with E-state index in [0.717, 1.165) is 0 Å². The maximum atomic E-state index is 2.57. The van der Waals surface area contributed by atoms with Gasteiger partial charge in [-0.05, 0) is 96.3 Å². The highest BCUT2D eigenvalue weighted by atomic mass is 15.1. The molecule has 0 unspecified atom stereocenters. The first kappa shape index (κ1) is 33.3. The molecule has 8 rings (SSSR count). The Labute approximate surface area is 306 Å². The van der Waals surface area contributed by atoms with Crippen molar-refractivity contribution in [2.24, 2.45) is 0 Å². The fraction of sp³-hybridized carbons (Fsp3) is 0.280. The van der Waals surface area contributed by atoms with Gasteiger partial charge < -0.3 is 4.90 Å². The molecular weight excluding hydrogens is 615 g/mol. The lowest BCUT2D eigenvalue weighted by atomic mass is 9.77. The Morgan fingerprint density at radius 3 is 1.67 bits per heavy atom. The van der Waals surface area contributed by atoms with Gasteiger partial charge >= 0.3 is 0 Å². The second kappa shape index (κ2) is 11.3. The molecule has 51 heavy (non-hydrogen) atoms. The van der Waals surface area contributed by atoms with E-state index < -0.39 is 0 Å². The van der Waals surface area contributed by atoms with Crippen molar-refractivity contribution in [1.29, 1.82) is 0 Å². The van der Waals surface area contributed by atoms with E-state index in [2.05, 4.69) is 202 Å². The fourth-order valence-electron chi connectivity index (χ4n) is 8.79. The average molecular weight is 666 g/mol. The van der Waals surface area contributed by atoms with Crippen LogP contribution in [0.1, 0.15) is 103 Å². The van der Waals surface area contributed by atoms with Crippen molar-refractivity contribution < 1.29 is 0 Å². The van der Waals surface area contributed by atoms with Gasteiger partial charge in [-0.25, -0.2) is 0 Å². The van der Waals surface area contributed by atoms with Crippen LogP contribution in [-0.2, 0) is 21.7 Å². The minimum atomic E-state index is -0.113. The molecular formula is C50H51N. The summed E-state index contributed by atoms with van der Waals surface area (Å²) >= 11 is 0. The van der Waals surface area contributed by atoms with E-state index in [1.807, 2.05) is 0 Å². The summed E-state index contributed by atoms with van der Waals surface area (Å²) in [4.78, 5) is 2.57. The van der Waals surface area contributed by atoms with E-state index in [-0.39, 0.29) is 21.7 Å². The normalized spacial score (nSPS) is 15.2. The second-order valence-electron chi connectivity index (χ2n) is 17.9. The Bertz CT molecular complexity index is 2320. The molecule has 2 aliphatic rings. The zero-order chi connectivity index (χ0) is 36.1. The summed E-state index contributed by atoms with van der Waals surface area (Å²) in [5.41, 5.74) is 19.5. The number of anilines is 3. The van der Waals surface area contributed by atoms with Crippen LogP contribution < -0.4 is 4.90 Å². The molecule has 0 radical (unpaired) electrons. The minimum absolute atomic E-state index is 0.0839. The lowest BCUT2D eigenvalue weighted by molar-refractivity contribution is 0.580. The van der Waals surface area contributed by atoms with Gasteiger partial charge in [-0.2, -0.15) is 0 Å². The number of hydrogen-bond acceptors (Lipinski definition) is 1. The van der Waals surface area contributed by atoms with E-state index >= 15 is 0 Å². The molecule has 2 aliphatic carbocycles. The average Bonchev–Trinajstić information content (AvgIpc) is 3.46. The Balaban J connectivity index is 1.43. The van der Waals surface area contributed by atoms with Crippen LogP contribution in [0.15, 0.2) is 127 Å². The van der Waals surface area contributed by atoms with Crippen LogP contribution in [0.2, 0.25) is 0 Å². The Hall–Kier alpha value is -4.88. The molecule has 0 heterocycles. The van der Waals surface area contributed by atoms with Gasteiger partial charge in [0.2, 0.25) is 0 Å². The van der Waals surface area contributed by atoms with Gasteiger partial charge in [-0.15, -0.1) is 0 Å².